The van der Waals surface area contributed by atoms with Crippen LogP contribution in [0.4, 0.5) is 5.95 Å². The summed E-state index contributed by atoms with van der Waals surface area (Å²) in [7, 11) is 1.56. The van der Waals surface area contributed by atoms with Crippen LogP contribution in [0.3, 0.4) is 0 Å². The number of nitrogens with one attached hydrogen (secondary N) is 2. The SMILES string of the molecule is COc1cccc(C(CO)NC(=O)CN2Cc3ccc(-c4nc(NC5CCOCC5)ncc4Br)cc3C2=O)c1. The lowest BCUT2D eigenvalue weighted by Crippen LogP contribution is -2.40. The van der Waals surface area contributed by atoms with Crippen LogP contribution < -0.4 is 15.4 Å². The molecule has 1 aromatic heterocycles. The van der Waals surface area contributed by atoms with Gasteiger partial charge in [0, 0.05) is 43.1 Å². The van der Waals surface area contributed by atoms with Gasteiger partial charge in [-0.25, -0.2) is 9.97 Å². The van der Waals surface area contributed by atoms with Crippen LogP contribution in [0.5, 0.6) is 5.75 Å². The summed E-state index contributed by atoms with van der Waals surface area (Å²) in [6.45, 7) is 1.34. The third kappa shape index (κ3) is 6.21. The summed E-state index contributed by atoms with van der Waals surface area (Å²) in [5, 5.41) is 16.1. The lowest BCUT2D eigenvalue weighted by molar-refractivity contribution is -0.122. The highest BCUT2D eigenvalue weighted by Gasteiger charge is 2.30. The van der Waals surface area contributed by atoms with E-state index >= 15 is 0 Å². The van der Waals surface area contributed by atoms with Crippen molar-refractivity contribution in [2.45, 2.75) is 31.5 Å². The van der Waals surface area contributed by atoms with E-state index in [2.05, 4.69) is 31.5 Å². The number of hydrogen-bond donors (Lipinski definition) is 3. The molecular formula is C28H30BrN5O5. The second-order valence-electron chi connectivity index (χ2n) is 9.53. The minimum atomic E-state index is -0.613. The summed E-state index contributed by atoms with van der Waals surface area (Å²) in [6, 6.07) is 12.4. The van der Waals surface area contributed by atoms with Gasteiger partial charge in [0.25, 0.3) is 5.91 Å². The van der Waals surface area contributed by atoms with Gasteiger partial charge in [0.1, 0.15) is 12.3 Å². The number of aromatic nitrogens is 2. The number of rotatable bonds is 9. The summed E-state index contributed by atoms with van der Waals surface area (Å²) in [6.07, 6.45) is 3.49. The maximum absolute atomic E-state index is 13.3. The number of amides is 2. The van der Waals surface area contributed by atoms with Crippen LogP contribution in [0.15, 0.2) is 53.1 Å². The molecule has 204 valence electrons. The molecule has 0 saturated carbocycles. The van der Waals surface area contributed by atoms with Crippen LogP contribution >= 0.6 is 15.9 Å². The highest BCUT2D eigenvalue weighted by atomic mass is 79.9. The molecule has 11 heteroatoms. The second kappa shape index (κ2) is 12.1. The van der Waals surface area contributed by atoms with E-state index in [1.807, 2.05) is 18.2 Å². The Morgan fingerprint density at radius 3 is 2.85 bits per heavy atom. The molecule has 3 heterocycles. The third-order valence-corrected chi connectivity index (χ3v) is 7.49. The van der Waals surface area contributed by atoms with E-state index in [0.29, 0.717) is 52.7 Å². The normalized spacial score (nSPS) is 16.1. The van der Waals surface area contributed by atoms with Crippen LogP contribution in [-0.2, 0) is 16.1 Å². The number of anilines is 1. The molecule has 0 radical (unpaired) electrons. The number of carbonyl (C=O) groups is 2. The first-order valence-corrected chi connectivity index (χ1v) is 13.6. The Hall–Kier alpha value is -3.54. The van der Waals surface area contributed by atoms with Gasteiger partial charge in [-0.1, -0.05) is 24.3 Å². The predicted molar refractivity (Wildman–Crippen MR) is 148 cm³/mol. The fourth-order valence-electron chi connectivity index (χ4n) is 4.81. The van der Waals surface area contributed by atoms with Crippen molar-refractivity contribution in [3.05, 3.63) is 69.8 Å². The Bertz CT molecular complexity index is 1360. The molecule has 2 aliphatic rings. The Morgan fingerprint density at radius 1 is 1.26 bits per heavy atom. The van der Waals surface area contributed by atoms with Crippen LogP contribution in [0.25, 0.3) is 11.3 Å². The molecule has 3 aromatic rings. The highest BCUT2D eigenvalue weighted by Crippen LogP contribution is 2.32. The van der Waals surface area contributed by atoms with E-state index < -0.39 is 6.04 Å². The summed E-state index contributed by atoms with van der Waals surface area (Å²) in [5.74, 6) is 0.568. The van der Waals surface area contributed by atoms with Gasteiger partial charge in [0.2, 0.25) is 11.9 Å². The van der Waals surface area contributed by atoms with Crippen LogP contribution in [0, 0.1) is 0 Å². The fraction of sp³-hybridized carbons (Fsp3) is 0.357. The molecule has 1 saturated heterocycles. The van der Waals surface area contributed by atoms with Crippen molar-refractivity contribution in [3.63, 3.8) is 0 Å². The summed E-state index contributed by atoms with van der Waals surface area (Å²) in [5.41, 5.74) is 3.54. The monoisotopic (exact) mass is 595 g/mol. The van der Waals surface area contributed by atoms with E-state index in [1.165, 1.54) is 4.90 Å². The molecule has 10 nitrogen and oxygen atoms in total. The highest BCUT2D eigenvalue weighted by molar-refractivity contribution is 9.10. The number of methoxy groups -OCH3 is 1. The van der Waals surface area contributed by atoms with Crippen molar-refractivity contribution in [1.82, 2.24) is 20.2 Å². The number of nitrogens with zero attached hydrogens (tertiary/aromatic N) is 3. The zero-order valence-corrected chi connectivity index (χ0v) is 23.1. The number of fused-ring (bicyclic) bond motifs is 1. The van der Waals surface area contributed by atoms with Gasteiger partial charge < -0.3 is 30.1 Å². The summed E-state index contributed by atoms with van der Waals surface area (Å²) >= 11 is 3.54. The first-order chi connectivity index (χ1) is 18.9. The van der Waals surface area contributed by atoms with E-state index in [-0.39, 0.29) is 31.0 Å². The molecule has 2 aromatic carbocycles. The first kappa shape index (κ1) is 27.0. The van der Waals surface area contributed by atoms with Gasteiger partial charge in [-0.15, -0.1) is 0 Å². The standard InChI is InChI=1S/C28H30BrN5O5/c1-38-21-4-2-3-17(11-21)24(16-35)32-25(36)15-34-14-19-6-5-18(12-22(19)27(34)37)26-23(29)13-30-28(33-26)31-20-7-9-39-10-8-20/h2-6,11-13,20,24,35H,7-10,14-16H2,1H3,(H,32,36)(H,30,31,33). The van der Waals surface area contributed by atoms with Crippen molar-refractivity contribution in [2.24, 2.45) is 0 Å². The van der Waals surface area contributed by atoms with Crippen molar-refractivity contribution in [2.75, 3.05) is 38.8 Å². The van der Waals surface area contributed by atoms with E-state index in [4.69, 9.17) is 14.5 Å². The lowest BCUT2D eigenvalue weighted by atomic mass is 10.0. The molecule has 1 atom stereocenters. The largest absolute Gasteiger partial charge is 0.497 e. The van der Waals surface area contributed by atoms with Gasteiger partial charge in [0.15, 0.2) is 0 Å². The number of aliphatic hydroxyl groups is 1. The molecule has 39 heavy (non-hydrogen) atoms. The van der Waals surface area contributed by atoms with Crippen molar-refractivity contribution in [3.8, 4) is 17.0 Å². The van der Waals surface area contributed by atoms with E-state index in [9.17, 15) is 14.7 Å². The van der Waals surface area contributed by atoms with Gasteiger partial charge in [-0.2, -0.15) is 0 Å². The fourth-order valence-corrected chi connectivity index (χ4v) is 5.23. The third-order valence-electron chi connectivity index (χ3n) is 6.91. The van der Waals surface area contributed by atoms with Crippen molar-refractivity contribution >= 4 is 33.7 Å². The Morgan fingerprint density at radius 2 is 2.08 bits per heavy atom. The quantitative estimate of drug-likeness (QED) is 0.344. The van der Waals surface area contributed by atoms with Gasteiger partial charge in [-0.05, 0) is 58.1 Å². The van der Waals surface area contributed by atoms with Crippen LogP contribution in [-0.4, -0.2) is 71.3 Å². The molecule has 1 unspecified atom stereocenters. The number of benzene rings is 2. The lowest BCUT2D eigenvalue weighted by Gasteiger charge is -2.23. The zero-order valence-electron chi connectivity index (χ0n) is 21.5. The number of halogens is 1. The van der Waals surface area contributed by atoms with Gasteiger partial charge in [-0.3, -0.25) is 9.59 Å². The summed E-state index contributed by atoms with van der Waals surface area (Å²) in [4.78, 5) is 36.7. The minimum Gasteiger partial charge on any atom is -0.497 e. The maximum atomic E-state index is 13.3. The Balaban J connectivity index is 1.27. The van der Waals surface area contributed by atoms with E-state index in [1.54, 1.807) is 37.6 Å². The Labute approximate surface area is 234 Å². The summed E-state index contributed by atoms with van der Waals surface area (Å²) < 4.78 is 11.4. The van der Waals surface area contributed by atoms with Gasteiger partial charge in [0.05, 0.1) is 29.9 Å². The van der Waals surface area contributed by atoms with Crippen LogP contribution in [0.1, 0.15) is 40.4 Å². The molecule has 5 rings (SSSR count). The zero-order chi connectivity index (χ0) is 27.4. The molecule has 1 fully saturated rings. The van der Waals surface area contributed by atoms with E-state index in [0.717, 1.165) is 24.0 Å². The van der Waals surface area contributed by atoms with Gasteiger partial charge >= 0.3 is 0 Å². The molecule has 3 N–H and O–H groups in total. The molecule has 0 aliphatic carbocycles. The molecular weight excluding hydrogens is 566 g/mol. The average molecular weight is 596 g/mol. The van der Waals surface area contributed by atoms with Crippen LogP contribution in [0.2, 0.25) is 0 Å². The second-order valence-corrected chi connectivity index (χ2v) is 10.4. The molecule has 2 amide bonds. The predicted octanol–water partition coefficient (Wildman–Crippen LogP) is 3.31. The van der Waals surface area contributed by atoms with Crippen molar-refractivity contribution in [1.29, 1.82) is 0 Å². The molecule has 0 bridgehead atoms. The Kier molecular flexibility index (Phi) is 8.39. The number of hydrogen-bond acceptors (Lipinski definition) is 8. The number of carbonyl (C=O) groups excluding carboxylic acids is 2. The maximum Gasteiger partial charge on any atom is 0.254 e. The molecule has 0 spiro atoms. The number of ether oxygens (including phenoxy) is 2. The topological polar surface area (TPSA) is 126 Å². The smallest absolute Gasteiger partial charge is 0.254 e. The minimum absolute atomic E-state index is 0.125. The number of aliphatic hydroxyl groups excluding tert-OH is 1. The van der Waals surface area contributed by atoms with Crippen molar-refractivity contribution < 1.29 is 24.2 Å². The molecule has 2 aliphatic heterocycles. The average Bonchev–Trinajstić information content (AvgIpc) is 3.27. The first-order valence-electron chi connectivity index (χ1n) is 12.8.